The Morgan fingerprint density at radius 2 is 1.59 bits per heavy atom. The van der Waals surface area contributed by atoms with Crippen molar-refractivity contribution in [3.05, 3.63) is 59.7 Å². The molecular weight excluding hydrogens is 434 g/mol. The summed E-state index contributed by atoms with van der Waals surface area (Å²) in [5.74, 6) is -0.910. The van der Waals surface area contributed by atoms with Crippen molar-refractivity contribution >= 4 is 11.9 Å². The van der Waals surface area contributed by atoms with E-state index in [0.717, 1.165) is 29.5 Å². The van der Waals surface area contributed by atoms with Gasteiger partial charge in [0.15, 0.2) is 5.41 Å². The molecule has 0 radical (unpaired) electrons. The fourth-order valence-corrected chi connectivity index (χ4v) is 4.32. The van der Waals surface area contributed by atoms with E-state index < -0.39 is 17.4 Å². The molecule has 1 aliphatic carbocycles. The Hall–Kier alpha value is -3.52. The van der Waals surface area contributed by atoms with Gasteiger partial charge in [0.2, 0.25) is 5.82 Å². The number of carboxylic acids is 2. The molecule has 0 unspecified atom stereocenters. The molecule has 3 N–H and O–H groups in total. The molecule has 178 valence electrons. The maximum atomic E-state index is 11.2. The van der Waals surface area contributed by atoms with Crippen LogP contribution in [0.5, 0.6) is 0 Å². The normalized spacial score (nSPS) is 15.3. The highest BCUT2D eigenvalue weighted by Crippen LogP contribution is 2.41. The lowest BCUT2D eigenvalue weighted by atomic mass is 9.65. The second-order valence-corrected chi connectivity index (χ2v) is 9.42. The summed E-state index contributed by atoms with van der Waals surface area (Å²) in [6, 6.07) is 16.0. The van der Waals surface area contributed by atoms with Crippen molar-refractivity contribution in [3.63, 3.8) is 0 Å². The number of nitrogens with zero attached hydrogens (tertiary/aromatic N) is 2. The lowest BCUT2D eigenvalue weighted by Gasteiger charge is -2.41. The first-order chi connectivity index (χ1) is 16.3. The average Bonchev–Trinajstić information content (AvgIpc) is 3.25. The van der Waals surface area contributed by atoms with E-state index in [1.807, 2.05) is 36.4 Å². The zero-order valence-electron chi connectivity index (χ0n) is 19.3. The fourth-order valence-electron chi connectivity index (χ4n) is 4.32. The minimum Gasteiger partial charge on any atom is -0.480 e. The molecule has 1 heterocycles. The van der Waals surface area contributed by atoms with E-state index in [0.29, 0.717) is 24.2 Å². The molecule has 0 saturated heterocycles. The second kappa shape index (κ2) is 9.77. The van der Waals surface area contributed by atoms with Crippen LogP contribution in [0.25, 0.3) is 22.8 Å². The quantitative estimate of drug-likeness (QED) is 0.385. The third-order valence-corrected chi connectivity index (χ3v) is 6.34. The molecule has 0 spiro atoms. The van der Waals surface area contributed by atoms with Gasteiger partial charge in [-0.1, -0.05) is 55.4 Å². The first kappa shape index (κ1) is 23.6. The molecule has 2 aromatic carbocycles. The van der Waals surface area contributed by atoms with E-state index in [1.54, 1.807) is 0 Å². The SMILES string of the molecule is CC(C)Cc1ccc(-c2nc(-c3ccc(CCNC4CC(C(=O)O)(C(=O)O)C4)cc3)no2)cc1. The van der Waals surface area contributed by atoms with Gasteiger partial charge in [-0.3, -0.25) is 9.59 Å². The van der Waals surface area contributed by atoms with Crippen LogP contribution < -0.4 is 5.32 Å². The molecule has 1 fully saturated rings. The van der Waals surface area contributed by atoms with Crippen LogP contribution in [0.3, 0.4) is 0 Å². The lowest BCUT2D eigenvalue weighted by Crippen LogP contribution is -2.57. The van der Waals surface area contributed by atoms with E-state index in [-0.39, 0.29) is 18.9 Å². The van der Waals surface area contributed by atoms with Gasteiger partial charge in [0.1, 0.15) is 0 Å². The largest absolute Gasteiger partial charge is 0.480 e. The van der Waals surface area contributed by atoms with Gasteiger partial charge in [-0.2, -0.15) is 4.98 Å². The Morgan fingerprint density at radius 1 is 1.00 bits per heavy atom. The van der Waals surface area contributed by atoms with E-state index in [2.05, 4.69) is 41.4 Å². The van der Waals surface area contributed by atoms with Crippen LogP contribution >= 0.6 is 0 Å². The summed E-state index contributed by atoms with van der Waals surface area (Å²) in [5, 5.41) is 25.7. The molecule has 34 heavy (non-hydrogen) atoms. The van der Waals surface area contributed by atoms with Crippen molar-refractivity contribution in [3.8, 4) is 22.8 Å². The smallest absolute Gasteiger partial charge is 0.321 e. The van der Waals surface area contributed by atoms with Crippen molar-refractivity contribution in [1.82, 2.24) is 15.5 Å². The number of aromatic nitrogens is 2. The van der Waals surface area contributed by atoms with Gasteiger partial charge in [-0.15, -0.1) is 0 Å². The number of nitrogens with one attached hydrogen (secondary N) is 1. The summed E-state index contributed by atoms with van der Waals surface area (Å²) in [6.07, 6.45) is 1.99. The lowest BCUT2D eigenvalue weighted by molar-refractivity contribution is -0.173. The molecule has 0 amide bonds. The zero-order valence-corrected chi connectivity index (χ0v) is 19.3. The molecule has 8 heteroatoms. The zero-order chi connectivity index (χ0) is 24.3. The third kappa shape index (κ3) is 5.02. The Bertz CT molecular complexity index is 1130. The maximum absolute atomic E-state index is 11.2. The van der Waals surface area contributed by atoms with Crippen LogP contribution in [-0.2, 0) is 22.4 Å². The minimum atomic E-state index is -1.64. The second-order valence-electron chi connectivity index (χ2n) is 9.42. The van der Waals surface area contributed by atoms with Crippen molar-refractivity contribution < 1.29 is 24.3 Å². The van der Waals surface area contributed by atoms with Gasteiger partial charge in [-0.25, -0.2) is 0 Å². The Labute approximate surface area is 198 Å². The Morgan fingerprint density at radius 3 is 2.18 bits per heavy atom. The van der Waals surface area contributed by atoms with Gasteiger partial charge in [-0.05, 0) is 61.4 Å². The number of carbonyl (C=O) groups is 2. The summed E-state index contributed by atoms with van der Waals surface area (Å²) in [7, 11) is 0. The fraction of sp³-hybridized carbons (Fsp3) is 0.385. The summed E-state index contributed by atoms with van der Waals surface area (Å²) < 4.78 is 5.46. The van der Waals surface area contributed by atoms with E-state index in [9.17, 15) is 19.8 Å². The van der Waals surface area contributed by atoms with Crippen LogP contribution in [0.1, 0.15) is 37.8 Å². The molecule has 8 nitrogen and oxygen atoms in total. The number of rotatable bonds is 10. The molecule has 3 aromatic rings. The minimum absolute atomic E-state index is 0.0938. The molecule has 1 aliphatic rings. The number of hydrogen-bond donors (Lipinski definition) is 3. The van der Waals surface area contributed by atoms with Gasteiger partial charge < -0.3 is 20.1 Å². The topological polar surface area (TPSA) is 126 Å². The van der Waals surface area contributed by atoms with Crippen LogP contribution in [0, 0.1) is 11.3 Å². The van der Waals surface area contributed by atoms with Gasteiger partial charge in [0, 0.05) is 17.2 Å². The molecule has 0 bridgehead atoms. The molecule has 0 aliphatic heterocycles. The molecule has 4 rings (SSSR count). The van der Waals surface area contributed by atoms with Crippen LogP contribution in [-0.4, -0.2) is 44.9 Å². The summed E-state index contributed by atoms with van der Waals surface area (Å²) >= 11 is 0. The van der Waals surface area contributed by atoms with Crippen molar-refractivity contribution in [2.24, 2.45) is 11.3 Å². The highest BCUT2D eigenvalue weighted by atomic mass is 16.5. The summed E-state index contributed by atoms with van der Waals surface area (Å²) in [6.45, 7) is 5.03. The number of benzene rings is 2. The van der Waals surface area contributed by atoms with Crippen LogP contribution in [0.4, 0.5) is 0 Å². The predicted octanol–water partition coefficient (Wildman–Crippen LogP) is 4.05. The van der Waals surface area contributed by atoms with Crippen molar-refractivity contribution in [2.75, 3.05) is 6.54 Å². The summed E-state index contributed by atoms with van der Waals surface area (Å²) in [5.41, 5.74) is 2.49. The first-order valence-electron chi connectivity index (χ1n) is 11.5. The van der Waals surface area contributed by atoms with E-state index in [4.69, 9.17) is 4.52 Å². The monoisotopic (exact) mass is 463 g/mol. The van der Waals surface area contributed by atoms with Gasteiger partial charge in [0.25, 0.3) is 5.89 Å². The third-order valence-electron chi connectivity index (χ3n) is 6.34. The van der Waals surface area contributed by atoms with Crippen molar-refractivity contribution in [2.45, 2.75) is 45.6 Å². The van der Waals surface area contributed by atoms with Gasteiger partial charge >= 0.3 is 11.9 Å². The highest BCUT2D eigenvalue weighted by molar-refractivity contribution is 5.99. The summed E-state index contributed by atoms with van der Waals surface area (Å²) in [4.78, 5) is 27.0. The molecular formula is C26H29N3O5. The van der Waals surface area contributed by atoms with Gasteiger partial charge in [0.05, 0.1) is 0 Å². The average molecular weight is 464 g/mol. The molecule has 1 saturated carbocycles. The Kier molecular flexibility index (Phi) is 6.79. The van der Waals surface area contributed by atoms with E-state index >= 15 is 0 Å². The number of aliphatic carboxylic acids is 2. The first-order valence-corrected chi connectivity index (χ1v) is 11.5. The van der Waals surface area contributed by atoms with E-state index in [1.165, 1.54) is 5.56 Å². The molecule has 1 aromatic heterocycles. The molecule has 0 atom stereocenters. The Balaban J connectivity index is 1.29. The highest BCUT2D eigenvalue weighted by Gasteiger charge is 2.56. The van der Waals surface area contributed by atoms with Crippen LogP contribution in [0.15, 0.2) is 53.1 Å². The van der Waals surface area contributed by atoms with Crippen molar-refractivity contribution in [1.29, 1.82) is 0 Å². The number of carboxylic acid groups (broad SMARTS) is 2. The standard InChI is InChI=1S/C26H29N3O5/c1-16(2)13-18-5-9-20(10-6-18)23-28-22(29-34-23)19-7-3-17(4-8-19)11-12-27-21-14-26(15-21,24(30)31)25(32)33/h3-10,16,21,27H,11-15H2,1-2H3,(H,30,31)(H,32,33). The predicted molar refractivity (Wildman–Crippen MR) is 126 cm³/mol. The maximum Gasteiger partial charge on any atom is 0.321 e. The number of hydrogen-bond acceptors (Lipinski definition) is 6. The van der Waals surface area contributed by atoms with Crippen LogP contribution in [0.2, 0.25) is 0 Å².